The molecule has 1 aliphatic heterocycles. The van der Waals surface area contributed by atoms with Gasteiger partial charge in [0.2, 0.25) is 0 Å². The molecule has 0 aliphatic carbocycles. The van der Waals surface area contributed by atoms with E-state index in [2.05, 4.69) is 62.7 Å². The van der Waals surface area contributed by atoms with Crippen molar-refractivity contribution < 1.29 is 4.74 Å². The number of nitrogens with zero attached hydrogens (tertiary/aromatic N) is 4. The van der Waals surface area contributed by atoms with Gasteiger partial charge in [-0.25, -0.2) is 9.97 Å². The van der Waals surface area contributed by atoms with E-state index in [4.69, 9.17) is 14.7 Å². The first-order valence-corrected chi connectivity index (χ1v) is 10.4. The third kappa shape index (κ3) is 3.73. The second-order valence-electron chi connectivity index (χ2n) is 7.01. The first kappa shape index (κ1) is 18.4. The molecule has 2 aromatic heterocycles. The van der Waals surface area contributed by atoms with E-state index in [1.165, 1.54) is 12.8 Å². The van der Waals surface area contributed by atoms with Crippen LogP contribution in [0, 0.1) is 0 Å². The van der Waals surface area contributed by atoms with E-state index in [9.17, 15) is 0 Å². The summed E-state index contributed by atoms with van der Waals surface area (Å²) in [6, 6.07) is 11.1. The molecule has 1 unspecified atom stereocenters. The van der Waals surface area contributed by atoms with Crippen LogP contribution < -0.4 is 4.90 Å². The molecule has 4 rings (SSSR count). The Morgan fingerprint density at radius 1 is 1.26 bits per heavy atom. The minimum atomic E-state index is 0.566. The van der Waals surface area contributed by atoms with Gasteiger partial charge in [0.15, 0.2) is 0 Å². The molecule has 3 aromatic rings. The van der Waals surface area contributed by atoms with Gasteiger partial charge >= 0.3 is 0 Å². The Hall–Kier alpha value is -1.92. The highest BCUT2D eigenvalue weighted by Gasteiger charge is 2.21. The largest absolute Gasteiger partial charge is 0.380 e. The van der Waals surface area contributed by atoms with Crippen LogP contribution >= 0.6 is 15.9 Å². The van der Waals surface area contributed by atoms with Crippen molar-refractivity contribution in [3.63, 3.8) is 0 Å². The highest BCUT2D eigenvalue weighted by atomic mass is 79.9. The minimum absolute atomic E-state index is 0.566. The predicted octanol–water partition coefficient (Wildman–Crippen LogP) is 4.89. The zero-order valence-corrected chi connectivity index (χ0v) is 17.4. The Balaban J connectivity index is 1.70. The van der Waals surface area contributed by atoms with Gasteiger partial charge in [0.1, 0.15) is 11.6 Å². The molecule has 0 amide bonds. The van der Waals surface area contributed by atoms with Crippen LogP contribution in [0.15, 0.2) is 41.0 Å². The maximum Gasteiger partial charge on any atom is 0.142 e. The van der Waals surface area contributed by atoms with Crippen molar-refractivity contribution >= 4 is 32.8 Å². The fourth-order valence-electron chi connectivity index (χ4n) is 3.81. The number of hydrogen-bond acceptors (Lipinski definition) is 4. The topological polar surface area (TPSA) is 43.2 Å². The van der Waals surface area contributed by atoms with Crippen LogP contribution in [-0.4, -0.2) is 40.3 Å². The fourth-order valence-corrected chi connectivity index (χ4v) is 4.16. The average Bonchev–Trinajstić information content (AvgIpc) is 3.25. The molecule has 0 bridgehead atoms. The van der Waals surface area contributed by atoms with E-state index in [1.807, 2.05) is 13.1 Å². The summed E-state index contributed by atoms with van der Waals surface area (Å²) in [5.74, 6) is 2.00. The molecule has 1 aromatic carbocycles. The number of fused-ring (bicyclic) bond motifs is 1. The Bertz CT molecular complexity index is 922. The Morgan fingerprint density at radius 3 is 2.85 bits per heavy atom. The third-order valence-corrected chi connectivity index (χ3v) is 5.72. The summed E-state index contributed by atoms with van der Waals surface area (Å²) in [7, 11) is 0. The lowest BCUT2D eigenvalue weighted by atomic mass is 10.2. The minimum Gasteiger partial charge on any atom is -0.380 e. The molecule has 1 fully saturated rings. The van der Waals surface area contributed by atoms with E-state index in [1.54, 1.807) is 0 Å². The van der Waals surface area contributed by atoms with Crippen LogP contribution in [0.2, 0.25) is 0 Å². The molecule has 0 spiro atoms. The summed E-state index contributed by atoms with van der Waals surface area (Å²) in [6.07, 6.45) is 4.44. The van der Waals surface area contributed by atoms with Crippen molar-refractivity contribution in [1.29, 1.82) is 0 Å². The molecule has 3 heterocycles. The molecule has 0 N–H and O–H groups in total. The van der Waals surface area contributed by atoms with Crippen LogP contribution in [0.3, 0.4) is 0 Å². The van der Waals surface area contributed by atoms with Gasteiger partial charge in [-0.3, -0.25) is 0 Å². The van der Waals surface area contributed by atoms with Gasteiger partial charge in [-0.15, -0.1) is 0 Å². The van der Waals surface area contributed by atoms with Crippen molar-refractivity contribution in [1.82, 2.24) is 14.5 Å². The number of imidazole rings is 1. The number of ether oxygens (including phenoxy) is 1. The number of pyridine rings is 1. The molecule has 6 heteroatoms. The van der Waals surface area contributed by atoms with Crippen LogP contribution in [-0.2, 0) is 11.3 Å². The molecule has 142 valence electrons. The SMILES string of the molecule is CCOCCn1c(-c2ccc(N3CCCC3C)nc2)nc2cc(Br)ccc21. The smallest absolute Gasteiger partial charge is 0.142 e. The second kappa shape index (κ2) is 7.98. The molecule has 1 atom stereocenters. The van der Waals surface area contributed by atoms with E-state index in [-0.39, 0.29) is 0 Å². The summed E-state index contributed by atoms with van der Waals surface area (Å²) in [4.78, 5) is 12.0. The maximum absolute atomic E-state index is 5.59. The number of benzene rings is 1. The molecule has 5 nitrogen and oxygen atoms in total. The van der Waals surface area contributed by atoms with Gasteiger partial charge in [-0.05, 0) is 57.0 Å². The Kier molecular flexibility index (Phi) is 5.45. The molecule has 1 aliphatic rings. The highest BCUT2D eigenvalue weighted by Crippen LogP contribution is 2.29. The van der Waals surface area contributed by atoms with Gasteiger partial charge in [-0.2, -0.15) is 0 Å². The maximum atomic E-state index is 5.59. The summed E-state index contributed by atoms with van der Waals surface area (Å²) < 4.78 is 8.85. The van der Waals surface area contributed by atoms with E-state index in [0.29, 0.717) is 12.6 Å². The van der Waals surface area contributed by atoms with E-state index < -0.39 is 0 Å². The van der Waals surface area contributed by atoms with Crippen LogP contribution in [0.25, 0.3) is 22.4 Å². The molecule has 0 saturated carbocycles. The fraction of sp³-hybridized carbons (Fsp3) is 0.429. The molecule has 0 radical (unpaired) electrons. The van der Waals surface area contributed by atoms with Gasteiger partial charge in [0.05, 0.1) is 17.6 Å². The lowest BCUT2D eigenvalue weighted by Crippen LogP contribution is -2.26. The van der Waals surface area contributed by atoms with Crippen molar-refractivity contribution in [3.8, 4) is 11.4 Å². The molecule has 1 saturated heterocycles. The number of halogens is 1. The molecular formula is C21H25BrN4O. The summed E-state index contributed by atoms with van der Waals surface area (Å²) in [5, 5.41) is 0. The van der Waals surface area contributed by atoms with Crippen molar-refractivity contribution in [2.45, 2.75) is 39.3 Å². The number of rotatable bonds is 6. The van der Waals surface area contributed by atoms with Crippen LogP contribution in [0.4, 0.5) is 5.82 Å². The lowest BCUT2D eigenvalue weighted by molar-refractivity contribution is 0.140. The van der Waals surface area contributed by atoms with E-state index in [0.717, 1.165) is 52.4 Å². The van der Waals surface area contributed by atoms with Crippen molar-refractivity contribution in [2.24, 2.45) is 0 Å². The van der Waals surface area contributed by atoms with Gasteiger partial charge in [0, 0.05) is 42.0 Å². The monoisotopic (exact) mass is 428 g/mol. The van der Waals surface area contributed by atoms with Gasteiger partial charge < -0.3 is 14.2 Å². The Morgan fingerprint density at radius 2 is 2.15 bits per heavy atom. The number of anilines is 1. The van der Waals surface area contributed by atoms with Crippen molar-refractivity contribution in [2.75, 3.05) is 24.7 Å². The second-order valence-corrected chi connectivity index (χ2v) is 7.92. The van der Waals surface area contributed by atoms with Crippen LogP contribution in [0.1, 0.15) is 26.7 Å². The number of aromatic nitrogens is 3. The third-order valence-electron chi connectivity index (χ3n) is 5.23. The van der Waals surface area contributed by atoms with Gasteiger partial charge in [0.25, 0.3) is 0 Å². The molecule has 27 heavy (non-hydrogen) atoms. The first-order chi connectivity index (χ1) is 13.2. The Labute approximate surface area is 168 Å². The lowest BCUT2D eigenvalue weighted by Gasteiger charge is -2.22. The highest BCUT2D eigenvalue weighted by molar-refractivity contribution is 9.10. The van der Waals surface area contributed by atoms with Crippen LogP contribution in [0.5, 0.6) is 0 Å². The number of hydrogen-bond donors (Lipinski definition) is 0. The van der Waals surface area contributed by atoms with Crippen molar-refractivity contribution in [3.05, 3.63) is 41.0 Å². The normalized spacial score (nSPS) is 17.1. The summed E-state index contributed by atoms with van der Waals surface area (Å²) in [6.45, 7) is 7.54. The first-order valence-electron chi connectivity index (χ1n) is 9.64. The zero-order chi connectivity index (χ0) is 18.8. The standard InChI is InChI=1S/C21H25BrN4O/c1-3-27-12-11-26-19-8-7-17(22)13-18(19)24-21(26)16-6-9-20(23-14-16)25-10-4-5-15(25)2/h6-9,13-15H,3-5,10-12H2,1-2H3. The zero-order valence-electron chi connectivity index (χ0n) is 15.9. The quantitative estimate of drug-likeness (QED) is 0.524. The predicted molar refractivity (Wildman–Crippen MR) is 113 cm³/mol. The molecular weight excluding hydrogens is 404 g/mol. The van der Waals surface area contributed by atoms with Gasteiger partial charge in [-0.1, -0.05) is 15.9 Å². The summed E-state index contributed by atoms with van der Waals surface area (Å²) in [5.41, 5.74) is 3.13. The average molecular weight is 429 g/mol. The summed E-state index contributed by atoms with van der Waals surface area (Å²) >= 11 is 3.55. The van der Waals surface area contributed by atoms with E-state index >= 15 is 0 Å².